The molecule has 0 aliphatic heterocycles. The van der Waals surface area contributed by atoms with E-state index in [1.165, 1.54) is 30.2 Å². The molecule has 0 amide bonds. The van der Waals surface area contributed by atoms with E-state index in [0.29, 0.717) is 0 Å². The Kier molecular flexibility index (Phi) is 5.18. The summed E-state index contributed by atoms with van der Waals surface area (Å²) in [7, 11) is 5.87. The summed E-state index contributed by atoms with van der Waals surface area (Å²) in [6.45, 7) is 1.74. The number of anilines is 1. The first-order valence-electron chi connectivity index (χ1n) is 8.68. The summed E-state index contributed by atoms with van der Waals surface area (Å²) in [5, 5.41) is 8.07. The van der Waals surface area contributed by atoms with Crippen LogP contribution >= 0.6 is 0 Å². The summed E-state index contributed by atoms with van der Waals surface area (Å²) >= 11 is 0. The van der Waals surface area contributed by atoms with Crippen LogP contribution in [0.1, 0.15) is 24.8 Å². The number of aliphatic imine (C=N–C) groups is 1. The van der Waals surface area contributed by atoms with Gasteiger partial charge >= 0.3 is 0 Å². The molecule has 128 valence electrons. The molecule has 5 heteroatoms. The molecule has 0 bridgehead atoms. The van der Waals surface area contributed by atoms with Crippen LogP contribution in [0.25, 0.3) is 10.9 Å². The molecule has 1 saturated carbocycles. The van der Waals surface area contributed by atoms with Crippen molar-refractivity contribution in [2.24, 2.45) is 10.9 Å². The predicted octanol–water partition coefficient (Wildman–Crippen LogP) is 2.77. The van der Waals surface area contributed by atoms with Crippen LogP contribution in [-0.2, 0) is 6.54 Å². The second-order valence-electron chi connectivity index (χ2n) is 6.65. The van der Waals surface area contributed by atoms with Crippen LogP contribution in [0.5, 0.6) is 0 Å². The Balaban J connectivity index is 1.73. The van der Waals surface area contributed by atoms with Gasteiger partial charge in [-0.25, -0.2) is 4.98 Å². The number of rotatable bonds is 5. The minimum atomic E-state index is 0.730. The molecule has 1 fully saturated rings. The van der Waals surface area contributed by atoms with Gasteiger partial charge in [0.25, 0.3) is 0 Å². The Bertz CT molecular complexity index is 719. The lowest BCUT2D eigenvalue weighted by atomic mass is 9.85. The number of benzene rings is 1. The number of fused-ring (bicyclic) bond motifs is 1. The van der Waals surface area contributed by atoms with Crippen molar-refractivity contribution in [3.05, 3.63) is 35.9 Å². The topological polar surface area (TPSA) is 52.6 Å². The second-order valence-corrected chi connectivity index (χ2v) is 6.65. The van der Waals surface area contributed by atoms with Crippen molar-refractivity contribution >= 4 is 22.7 Å². The minimum Gasteiger partial charge on any atom is -0.363 e. The van der Waals surface area contributed by atoms with Crippen molar-refractivity contribution in [1.82, 2.24) is 15.6 Å². The minimum absolute atomic E-state index is 0.730. The molecule has 0 spiro atoms. The van der Waals surface area contributed by atoms with Gasteiger partial charge in [-0.05, 0) is 36.5 Å². The number of para-hydroxylation sites is 1. The third-order valence-corrected chi connectivity index (χ3v) is 4.70. The monoisotopic (exact) mass is 325 g/mol. The van der Waals surface area contributed by atoms with E-state index < -0.39 is 0 Å². The molecule has 3 rings (SSSR count). The number of guanidine groups is 1. The van der Waals surface area contributed by atoms with Crippen molar-refractivity contribution in [1.29, 1.82) is 0 Å². The molecule has 2 N–H and O–H groups in total. The summed E-state index contributed by atoms with van der Waals surface area (Å²) in [4.78, 5) is 11.1. The Morgan fingerprint density at radius 2 is 2.04 bits per heavy atom. The number of nitrogens with one attached hydrogen (secondary N) is 2. The highest BCUT2D eigenvalue weighted by atomic mass is 15.2. The number of hydrogen-bond donors (Lipinski definition) is 2. The SMILES string of the molecule is CN=C(NCc1cc(N(C)C)nc2ccccc12)NCC1CCC1. The molecule has 1 aromatic heterocycles. The van der Waals surface area contributed by atoms with Crippen molar-refractivity contribution in [2.75, 3.05) is 32.6 Å². The van der Waals surface area contributed by atoms with E-state index in [-0.39, 0.29) is 0 Å². The molecular weight excluding hydrogens is 298 g/mol. The van der Waals surface area contributed by atoms with Crippen LogP contribution in [0.2, 0.25) is 0 Å². The van der Waals surface area contributed by atoms with Gasteiger partial charge in [-0.3, -0.25) is 4.99 Å². The van der Waals surface area contributed by atoms with Gasteiger partial charge < -0.3 is 15.5 Å². The van der Waals surface area contributed by atoms with Crippen LogP contribution in [0, 0.1) is 5.92 Å². The van der Waals surface area contributed by atoms with E-state index in [9.17, 15) is 0 Å². The highest BCUT2D eigenvalue weighted by Gasteiger charge is 2.17. The van der Waals surface area contributed by atoms with Gasteiger partial charge in [0, 0.05) is 39.6 Å². The Morgan fingerprint density at radius 1 is 1.25 bits per heavy atom. The van der Waals surface area contributed by atoms with Crippen LogP contribution in [0.4, 0.5) is 5.82 Å². The molecule has 1 heterocycles. The van der Waals surface area contributed by atoms with Crippen molar-refractivity contribution in [3.63, 3.8) is 0 Å². The second kappa shape index (κ2) is 7.51. The Morgan fingerprint density at radius 3 is 2.71 bits per heavy atom. The van der Waals surface area contributed by atoms with Crippen molar-refractivity contribution in [3.8, 4) is 0 Å². The lowest BCUT2D eigenvalue weighted by Crippen LogP contribution is -2.40. The highest BCUT2D eigenvalue weighted by molar-refractivity contribution is 5.85. The number of hydrogen-bond acceptors (Lipinski definition) is 3. The first-order chi connectivity index (χ1) is 11.7. The molecule has 2 aromatic rings. The van der Waals surface area contributed by atoms with Crippen LogP contribution in [-0.4, -0.2) is 38.6 Å². The maximum absolute atomic E-state index is 4.71. The molecule has 5 nitrogen and oxygen atoms in total. The van der Waals surface area contributed by atoms with E-state index in [2.05, 4.69) is 39.9 Å². The Labute approximate surface area is 144 Å². The molecule has 24 heavy (non-hydrogen) atoms. The van der Waals surface area contributed by atoms with Crippen molar-refractivity contribution < 1.29 is 0 Å². The third kappa shape index (κ3) is 3.78. The van der Waals surface area contributed by atoms with Gasteiger partial charge in [0.2, 0.25) is 0 Å². The fourth-order valence-electron chi connectivity index (χ4n) is 2.94. The average Bonchev–Trinajstić information content (AvgIpc) is 2.55. The standard InChI is InChI=1S/C19H27N5/c1-20-19(21-12-14-7-6-8-14)22-13-15-11-18(24(2)3)23-17-10-5-4-9-16(15)17/h4-5,9-11,14H,6-8,12-13H2,1-3H3,(H2,20,21,22). The van der Waals surface area contributed by atoms with E-state index in [1.54, 1.807) is 0 Å². The molecule has 0 radical (unpaired) electrons. The van der Waals surface area contributed by atoms with Gasteiger partial charge in [-0.1, -0.05) is 24.6 Å². The number of pyridine rings is 1. The molecule has 1 aliphatic rings. The number of aromatic nitrogens is 1. The van der Waals surface area contributed by atoms with Gasteiger partial charge in [0.05, 0.1) is 5.52 Å². The smallest absolute Gasteiger partial charge is 0.191 e. The largest absolute Gasteiger partial charge is 0.363 e. The van der Waals surface area contributed by atoms with Gasteiger partial charge in [-0.15, -0.1) is 0 Å². The molecular formula is C19H27N5. The maximum atomic E-state index is 4.71. The van der Waals surface area contributed by atoms with E-state index in [0.717, 1.165) is 36.3 Å². The quantitative estimate of drug-likeness (QED) is 0.656. The zero-order valence-electron chi connectivity index (χ0n) is 14.8. The predicted molar refractivity (Wildman–Crippen MR) is 102 cm³/mol. The first kappa shape index (κ1) is 16.6. The highest BCUT2D eigenvalue weighted by Crippen LogP contribution is 2.25. The summed E-state index contributed by atoms with van der Waals surface area (Å²) in [6.07, 6.45) is 4.05. The molecule has 0 saturated heterocycles. The molecule has 0 atom stereocenters. The molecule has 0 unspecified atom stereocenters. The van der Waals surface area contributed by atoms with Crippen LogP contribution in [0.15, 0.2) is 35.3 Å². The molecule has 1 aromatic carbocycles. The fraction of sp³-hybridized carbons (Fsp3) is 0.474. The van der Waals surface area contributed by atoms with Gasteiger partial charge in [0.1, 0.15) is 5.82 Å². The summed E-state index contributed by atoms with van der Waals surface area (Å²) in [6, 6.07) is 10.4. The van der Waals surface area contributed by atoms with Gasteiger partial charge in [0.15, 0.2) is 5.96 Å². The lowest BCUT2D eigenvalue weighted by molar-refractivity contribution is 0.314. The van der Waals surface area contributed by atoms with Gasteiger partial charge in [-0.2, -0.15) is 0 Å². The summed E-state index contributed by atoms with van der Waals surface area (Å²) < 4.78 is 0. The van der Waals surface area contributed by atoms with E-state index in [4.69, 9.17) is 4.98 Å². The summed E-state index contributed by atoms with van der Waals surface area (Å²) in [5.74, 6) is 2.66. The van der Waals surface area contributed by atoms with E-state index >= 15 is 0 Å². The fourth-order valence-corrected chi connectivity index (χ4v) is 2.94. The molecule has 1 aliphatic carbocycles. The summed E-state index contributed by atoms with van der Waals surface area (Å²) in [5.41, 5.74) is 2.26. The first-order valence-corrected chi connectivity index (χ1v) is 8.68. The zero-order valence-corrected chi connectivity index (χ0v) is 14.8. The average molecular weight is 325 g/mol. The zero-order chi connectivity index (χ0) is 16.9. The number of nitrogens with zero attached hydrogens (tertiary/aromatic N) is 3. The van der Waals surface area contributed by atoms with Crippen molar-refractivity contribution in [2.45, 2.75) is 25.8 Å². The van der Waals surface area contributed by atoms with Crippen LogP contribution in [0.3, 0.4) is 0 Å². The lowest BCUT2D eigenvalue weighted by Gasteiger charge is -2.26. The normalized spacial score (nSPS) is 15.2. The van der Waals surface area contributed by atoms with Crippen LogP contribution < -0.4 is 15.5 Å². The van der Waals surface area contributed by atoms with E-state index in [1.807, 2.05) is 32.1 Å². The third-order valence-electron chi connectivity index (χ3n) is 4.70. The Hall–Kier alpha value is -2.30. The maximum Gasteiger partial charge on any atom is 0.191 e.